The molecule has 0 aromatic carbocycles. The number of hydrogen-bond acceptors (Lipinski definition) is 32. The molecule has 0 radical (unpaired) electrons. The first-order valence-electron chi connectivity index (χ1n) is 32.4. The molecule has 0 aliphatic carbocycles. The van der Waals surface area contributed by atoms with Gasteiger partial charge in [0.05, 0.1) is 85.7 Å². The van der Waals surface area contributed by atoms with Gasteiger partial charge in [-0.15, -0.1) is 0 Å². The molecule has 0 spiro atoms. The Morgan fingerprint density at radius 3 is 0.619 bits per heavy atom. The second-order valence-electron chi connectivity index (χ2n) is 20.3. The van der Waals surface area contributed by atoms with Crippen LogP contribution in [0.3, 0.4) is 0 Å². The molecule has 0 heterocycles. The van der Waals surface area contributed by atoms with E-state index in [9.17, 15) is 62.3 Å². The molecule has 0 aromatic heterocycles. The van der Waals surface area contributed by atoms with E-state index in [1.54, 1.807) is 4.90 Å². The first kappa shape index (κ1) is 88.2. The van der Waals surface area contributed by atoms with Gasteiger partial charge in [-0.05, 0) is 71.1 Å². The summed E-state index contributed by atoms with van der Waals surface area (Å²) in [4.78, 5) is 162. The maximum Gasteiger partial charge on any atom is 0.508 e. The van der Waals surface area contributed by atoms with Gasteiger partial charge in [0.2, 0.25) is 11.8 Å². The van der Waals surface area contributed by atoms with Crippen LogP contribution in [0, 0.1) is 0 Å². The summed E-state index contributed by atoms with van der Waals surface area (Å²) in [5.74, 6) is -1.17. The van der Waals surface area contributed by atoms with E-state index in [0.717, 1.165) is 0 Å². The van der Waals surface area contributed by atoms with Crippen LogP contribution in [0.15, 0.2) is 0 Å². The third-order valence-corrected chi connectivity index (χ3v) is 11.7. The molecule has 6 N–H and O–H groups in total. The molecule has 97 heavy (non-hydrogen) atoms. The van der Waals surface area contributed by atoms with Crippen LogP contribution in [0.1, 0.15) is 98.8 Å². The van der Waals surface area contributed by atoms with Crippen LogP contribution in [0.4, 0.5) is 47.9 Å². The topological polar surface area (TPSA) is 451 Å². The summed E-state index contributed by atoms with van der Waals surface area (Å²) in [6.45, 7) is 8.60. The minimum absolute atomic E-state index is 0.0135. The molecule has 0 rings (SSSR count). The number of carbonyl (C=O) groups is 13. The predicted molar refractivity (Wildman–Crippen MR) is 336 cm³/mol. The Morgan fingerprint density at radius 1 is 0.237 bits per heavy atom. The predicted octanol–water partition coefficient (Wildman–Crippen LogP) is 3.52. The molecule has 38 heteroatoms. The van der Waals surface area contributed by atoms with Crippen LogP contribution >= 0.6 is 0 Å². The lowest BCUT2D eigenvalue weighted by Crippen LogP contribution is -2.41. The second-order valence-corrected chi connectivity index (χ2v) is 20.3. The number of amides is 6. The van der Waals surface area contributed by atoms with E-state index in [1.807, 2.05) is 27.7 Å². The normalized spacial score (nSPS) is 10.6. The highest BCUT2D eigenvalue weighted by Gasteiger charge is 2.18. The summed E-state index contributed by atoms with van der Waals surface area (Å²) in [6.07, 6.45) is -4.18. The largest absolute Gasteiger partial charge is 0.508 e. The number of nitrogens with zero attached hydrogens (tertiary/aromatic N) is 3. The summed E-state index contributed by atoms with van der Waals surface area (Å²) >= 11 is 0. The summed E-state index contributed by atoms with van der Waals surface area (Å²) < 4.78 is 80.6. The van der Waals surface area contributed by atoms with Crippen LogP contribution < -0.4 is 31.9 Å². The molecular weight excluding hydrogens is 1300 g/mol. The zero-order valence-electron chi connectivity index (χ0n) is 56.7. The Morgan fingerprint density at radius 2 is 0.423 bits per heavy atom. The first-order valence-corrected chi connectivity index (χ1v) is 32.4. The van der Waals surface area contributed by atoms with Crippen molar-refractivity contribution in [3.8, 4) is 0 Å². The Balaban J connectivity index is 4.89. The lowest BCUT2D eigenvalue weighted by Gasteiger charge is -2.21. The highest BCUT2D eigenvalue weighted by atomic mass is 16.8. The average Bonchev–Trinajstić information content (AvgIpc) is 3.33. The number of alkyl carbamates (subject to hydrolysis) is 4. The zero-order valence-corrected chi connectivity index (χ0v) is 56.7. The minimum atomic E-state index is -1.02. The van der Waals surface area contributed by atoms with Crippen LogP contribution in [0.25, 0.3) is 0 Å². The summed E-state index contributed by atoms with van der Waals surface area (Å²) in [7, 11) is 0. The number of nitrogens with one attached hydrogen (secondary N) is 6. The number of rotatable bonds is 56. The smallest absolute Gasteiger partial charge is 0.450 e. The molecule has 0 unspecified atom stereocenters. The summed E-state index contributed by atoms with van der Waals surface area (Å²) in [6, 6.07) is 0. The number of Topliss-reactive ketones (excluding diaryl/α,β-unsaturated/α-hetero) is 1. The van der Waals surface area contributed by atoms with Crippen LogP contribution in [0.5, 0.6) is 0 Å². The van der Waals surface area contributed by atoms with Crippen molar-refractivity contribution in [2.24, 2.45) is 0 Å². The molecule has 0 fully saturated rings. The highest BCUT2D eigenvalue weighted by molar-refractivity contribution is 5.79. The van der Waals surface area contributed by atoms with Gasteiger partial charge in [-0.3, -0.25) is 29.1 Å². The van der Waals surface area contributed by atoms with Gasteiger partial charge >= 0.3 is 61.3 Å². The molecule has 558 valence electrons. The van der Waals surface area contributed by atoms with E-state index in [0.29, 0.717) is 51.4 Å². The maximum atomic E-state index is 12.9. The fourth-order valence-electron chi connectivity index (χ4n) is 7.01. The third-order valence-electron chi connectivity index (χ3n) is 11.7. The van der Waals surface area contributed by atoms with Gasteiger partial charge in [0.15, 0.2) is 0 Å². The standard InChI is InChI=1S/C59H103N9O29/c1-6-28-82-50(72)62-18-12-34-88-56(78)94-40-24-67(25-41-95-57(79)89-35-13-19-63-51(73)83-29-7-2)45-48(70)60-16-10-32-86-54(76)92-38-22-66(44-47(5)69)23-39-93-55(77)87-33-11-17-61-49(71)46-68(26-42-96-58(80)90-36-14-20-64-52(74)84-30-8-3)27-43-97-59(81)91-37-15-21-65-53(75)85-31-9-4/h6-46H2,1-5H3,(H,60,70)(H,61,71)(H,62,72)(H,63,73)(H,64,74)(H,65,75). The molecule has 6 amide bonds. The fourth-order valence-corrected chi connectivity index (χ4v) is 7.01. The second kappa shape index (κ2) is 62.0. The van der Waals surface area contributed by atoms with Crippen molar-refractivity contribution in [1.82, 2.24) is 46.6 Å². The van der Waals surface area contributed by atoms with Crippen molar-refractivity contribution >= 4 is 78.9 Å². The molecule has 38 nitrogen and oxygen atoms in total. The molecule has 0 atom stereocenters. The monoisotopic (exact) mass is 1400 g/mol. The number of hydrogen-bond donors (Lipinski definition) is 6. The molecule has 0 aliphatic heterocycles. The molecular formula is C59H103N9O29. The van der Waals surface area contributed by atoms with Crippen molar-refractivity contribution in [2.75, 3.05) is 204 Å². The van der Waals surface area contributed by atoms with E-state index in [2.05, 4.69) is 31.9 Å². The maximum absolute atomic E-state index is 12.9. The summed E-state index contributed by atoms with van der Waals surface area (Å²) in [5, 5.41) is 15.4. The molecule has 0 aromatic rings. The van der Waals surface area contributed by atoms with Gasteiger partial charge in [0.1, 0.15) is 45.4 Å². The Kier molecular flexibility index (Phi) is 56.4. The number of ether oxygens (including phenoxy) is 16. The average molecular weight is 1400 g/mol. The van der Waals surface area contributed by atoms with Crippen LogP contribution in [-0.2, 0) is 90.2 Å². The molecule has 0 bridgehead atoms. The van der Waals surface area contributed by atoms with Gasteiger partial charge < -0.3 is 108 Å². The first-order chi connectivity index (χ1) is 46.8. The number of carbonyl (C=O) groups excluding carboxylic acids is 13. The fraction of sp³-hybridized carbons (Fsp3) is 0.780. The Hall–Kier alpha value is -8.81. The van der Waals surface area contributed by atoms with Crippen molar-refractivity contribution < 1.29 is 138 Å². The zero-order chi connectivity index (χ0) is 71.8. The number of ketones is 1. The third kappa shape index (κ3) is 59.4. The lowest BCUT2D eigenvalue weighted by atomic mass is 10.4. The van der Waals surface area contributed by atoms with Crippen molar-refractivity contribution in [3.05, 3.63) is 0 Å². The molecule has 0 aliphatic rings. The SMILES string of the molecule is CCCOC(=O)NCCCOC(=O)OCCN(CCOC(=O)OCCCNC(=O)OCCC)CC(=O)NCCCOC(=O)OCCN(CCOC(=O)OCCCNC(=O)CN(CCOC(=O)OCCCNC(=O)OCCC)CCOC(=O)OCCCNC(=O)OCCC)CC(C)=O. The Labute approximate surface area is 564 Å². The van der Waals surface area contributed by atoms with E-state index in [4.69, 9.17) is 75.8 Å². The van der Waals surface area contributed by atoms with Gasteiger partial charge in [0.25, 0.3) is 0 Å². The molecule has 0 saturated heterocycles. The van der Waals surface area contributed by atoms with Crippen molar-refractivity contribution in [1.29, 1.82) is 0 Å². The van der Waals surface area contributed by atoms with Gasteiger partial charge in [-0.25, -0.2) is 47.9 Å². The van der Waals surface area contributed by atoms with Crippen LogP contribution in [-0.4, -0.2) is 297 Å². The van der Waals surface area contributed by atoms with Crippen molar-refractivity contribution in [2.45, 2.75) is 98.8 Å². The minimum Gasteiger partial charge on any atom is -0.450 e. The quantitative estimate of drug-likeness (QED) is 0.0288. The van der Waals surface area contributed by atoms with E-state index in [-0.39, 0.29) is 223 Å². The van der Waals surface area contributed by atoms with E-state index >= 15 is 0 Å². The Bertz CT molecular complexity index is 2000. The van der Waals surface area contributed by atoms with E-state index in [1.165, 1.54) is 16.7 Å². The van der Waals surface area contributed by atoms with Gasteiger partial charge in [-0.2, -0.15) is 0 Å². The summed E-state index contributed by atoms with van der Waals surface area (Å²) in [5.41, 5.74) is 0. The molecule has 0 saturated carbocycles. The van der Waals surface area contributed by atoms with Gasteiger partial charge in [0, 0.05) is 78.5 Å². The van der Waals surface area contributed by atoms with Gasteiger partial charge in [-0.1, -0.05) is 27.7 Å². The van der Waals surface area contributed by atoms with Crippen LogP contribution in [0.2, 0.25) is 0 Å². The highest BCUT2D eigenvalue weighted by Crippen LogP contribution is 2.01. The van der Waals surface area contributed by atoms with E-state index < -0.39 is 73.1 Å². The lowest BCUT2D eigenvalue weighted by molar-refractivity contribution is -0.123. The van der Waals surface area contributed by atoms with Crippen molar-refractivity contribution in [3.63, 3.8) is 0 Å².